The lowest BCUT2D eigenvalue weighted by Crippen LogP contribution is -2.21. The first kappa shape index (κ1) is 18.7. The number of H-pyrrole nitrogens is 1. The molecule has 0 saturated heterocycles. The summed E-state index contributed by atoms with van der Waals surface area (Å²) in [5, 5.41) is 2.61. The van der Waals surface area contributed by atoms with E-state index in [4.69, 9.17) is 0 Å². The zero-order chi connectivity index (χ0) is 20.7. The van der Waals surface area contributed by atoms with Gasteiger partial charge in [0.1, 0.15) is 0 Å². The zero-order valence-electron chi connectivity index (χ0n) is 16.9. The number of aryl methyl sites for hydroxylation is 3. The van der Waals surface area contributed by atoms with Gasteiger partial charge in [-0.2, -0.15) is 0 Å². The van der Waals surface area contributed by atoms with Gasteiger partial charge in [-0.3, -0.25) is 13.9 Å². The van der Waals surface area contributed by atoms with Crippen LogP contribution in [0.5, 0.6) is 0 Å². The van der Waals surface area contributed by atoms with E-state index in [9.17, 15) is 9.59 Å². The van der Waals surface area contributed by atoms with Gasteiger partial charge in [-0.05, 0) is 32.0 Å². The molecule has 2 aromatic heterocycles. The Bertz CT molecular complexity index is 1290. The highest BCUT2D eigenvalue weighted by Gasteiger charge is 2.19. The fourth-order valence-electron chi connectivity index (χ4n) is 3.68. The standard InChI is InChI=1S/C22H23N5O2/c1-5-27-16-10-9-15(12-17(16)26(4)22(27)29)19-18(14-8-6-7-13(2)11-14)24-20(25-19)21(28)23-3/h6-12H,5H2,1-4H3,(H,23,28)(H,24,25). The van der Waals surface area contributed by atoms with Crippen molar-refractivity contribution in [3.63, 3.8) is 0 Å². The number of hydrogen-bond acceptors (Lipinski definition) is 3. The topological polar surface area (TPSA) is 84.7 Å². The van der Waals surface area contributed by atoms with Crippen LogP contribution >= 0.6 is 0 Å². The SMILES string of the molecule is CCn1c(=O)n(C)c2cc(-c3[nH]c(C(=O)NC)nc3-c3cccc(C)c3)ccc21. The van der Waals surface area contributed by atoms with Crippen molar-refractivity contribution in [2.24, 2.45) is 7.05 Å². The van der Waals surface area contributed by atoms with Crippen LogP contribution in [-0.2, 0) is 13.6 Å². The van der Waals surface area contributed by atoms with Crippen LogP contribution in [0.1, 0.15) is 23.1 Å². The lowest BCUT2D eigenvalue weighted by atomic mass is 10.0. The molecule has 0 radical (unpaired) electrons. The summed E-state index contributed by atoms with van der Waals surface area (Å²) in [7, 11) is 3.34. The summed E-state index contributed by atoms with van der Waals surface area (Å²) in [5.41, 5.74) is 6.00. The minimum Gasteiger partial charge on any atom is -0.352 e. The molecule has 148 valence electrons. The molecular weight excluding hydrogens is 366 g/mol. The summed E-state index contributed by atoms with van der Waals surface area (Å²) >= 11 is 0. The fraction of sp³-hybridized carbons (Fsp3) is 0.227. The van der Waals surface area contributed by atoms with Crippen molar-refractivity contribution in [3.8, 4) is 22.5 Å². The summed E-state index contributed by atoms with van der Waals surface area (Å²) in [6, 6.07) is 13.9. The van der Waals surface area contributed by atoms with E-state index in [-0.39, 0.29) is 17.4 Å². The Morgan fingerprint density at radius 3 is 2.62 bits per heavy atom. The number of hydrogen-bond donors (Lipinski definition) is 2. The van der Waals surface area contributed by atoms with Gasteiger partial charge in [0.2, 0.25) is 0 Å². The number of aromatic nitrogens is 4. The third-order valence-corrected chi connectivity index (χ3v) is 5.19. The highest BCUT2D eigenvalue weighted by atomic mass is 16.2. The van der Waals surface area contributed by atoms with Crippen LogP contribution < -0.4 is 11.0 Å². The quantitative estimate of drug-likeness (QED) is 0.562. The van der Waals surface area contributed by atoms with E-state index >= 15 is 0 Å². The number of amides is 1. The summed E-state index contributed by atoms with van der Waals surface area (Å²) in [6.07, 6.45) is 0. The summed E-state index contributed by atoms with van der Waals surface area (Å²) in [5.74, 6) is -0.0325. The number of fused-ring (bicyclic) bond motifs is 1. The number of benzene rings is 2. The second kappa shape index (κ2) is 7.09. The second-order valence-corrected chi connectivity index (χ2v) is 7.05. The molecule has 7 heteroatoms. The van der Waals surface area contributed by atoms with Crippen LogP contribution in [0.3, 0.4) is 0 Å². The van der Waals surface area contributed by atoms with Crippen LogP contribution in [-0.4, -0.2) is 32.1 Å². The summed E-state index contributed by atoms with van der Waals surface area (Å²) in [4.78, 5) is 32.4. The Balaban J connectivity index is 1.96. The van der Waals surface area contributed by atoms with Crippen molar-refractivity contribution in [1.29, 1.82) is 0 Å². The first-order chi connectivity index (χ1) is 13.9. The Labute approximate surface area is 168 Å². The van der Waals surface area contributed by atoms with Crippen LogP contribution in [0.2, 0.25) is 0 Å². The molecular formula is C22H23N5O2. The minimum atomic E-state index is -0.282. The van der Waals surface area contributed by atoms with E-state index in [0.717, 1.165) is 33.4 Å². The van der Waals surface area contributed by atoms with Crippen molar-refractivity contribution in [3.05, 3.63) is 64.3 Å². The van der Waals surface area contributed by atoms with Crippen molar-refractivity contribution >= 4 is 16.9 Å². The van der Waals surface area contributed by atoms with Crippen molar-refractivity contribution in [2.75, 3.05) is 7.05 Å². The summed E-state index contributed by atoms with van der Waals surface area (Å²) < 4.78 is 3.38. The van der Waals surface area contributed by atoms with Gasteiger partial charge in [-0.25, -0.2) is 9.78 Å². The number of nitrogens with one attached hydrogen (secondary N) is 2. The first-order valence-corrected chi connectivity index (χ1v) is 9.53. The third-order valence-electron chi connectivity index (χ3n) is 5.19. The Hall–Kier alpha value is -3.61. The minimum absolute atomic E-state index is 0.0470. The fourth-order valence-corrected chi connectivity index (χ4v) is 3.68. The number of rotatable bonds is 4. The molecule has 0 bridgehead atoms. The molecule has 0 aliphatic rings. The lowest BCUT2D eigenvalue weighted by molar-refractivity contribution is 0.0954. The molecule has 0 spiro atoms. The lowest BCUT2D eigenvalue weighted by Gasteiger charge is -2.06. The Morgan fingerprint density at radius 2 is 1.93 bits per heavy atom. The normalized spacial score (nSPS) is 11.2. The van der Waals surface area contributed by atoms with Gasteiger partial charge in [0.15, 0.2) is 5.82 Å². The predicted octanol–water partition coefficient (Wildman–Crippen LogP) is 3.09. The molecule has 1 amide bonds. The number of carbonyl (C=O) groups is 1. The van der Waals surface area contributed by atoms with Crippen LogP contribution in [0, 0.1) is 6.92 Å². The molecule has 29 heavy (non-hydrogen) atoms. The van der Waals surface area contributed by atoms with Crippen LogP contribution in [0.15, 0.2) is 47.3 Å². The number of imidazole rings is 2. The van der Waals surface area contributed by atoms with Gasteiger partial charge in [0, 0.05) is 31.8 Å². The van der Waals surface area contributed by atoms with Crippen molar-refractivity contribution in [2.45, 2.75) is 20.4 Å². The monoisotopic (exact) mass is 389 g/mol. The highest BCUT2D eigenvalue weighted by molar-refractivity contribution is 5.94. The van der Waals surface area contributed by atoms with E-state index in [1.807, 2.05) is 56.3 Å². The highest BCUT2D eigenvalue weighted by Crippen LogP contribution is 2.32. The average Bonchev–Trinajstić information content (AvgIpc) is 3.27. The number of aromatic amines is 1. The molecule has 0 saturated carbocycles. The third kappa shape index (κ3) is 3.04. The van der Waals surface area contributed by atoms with Gasteiger partial charge < -0.3 is 10.3 Å². The van der Waals surface area contributed by atoms with Crippen molar-refractivity contribution < 1.29 is 4.79 Å². The van der Waals surface area contributed by atoms with Crippen LogP contribution in [0.25, 0.3) is 33.5 Å². The van der Waals surface area contributed by atoms with Crippen LogP contribution in [0.4, 0.5) is 0 Å². The molecule has 2 N–H and O–H groups in total. The van der Waals surface area contributed by atoms with Gasteiger partial charge in [0.05, 0.1) is 22.4 Å². The van der Waals surface area contributed by atoms with Gasteiger partial charge in [0.25, 0.3) is 5.91 Å². The first-order valence-electron chi connectivity index (χ1n) is 9.53. The zero-order valence-corrected chi connectivity index (χ0v) is 16.9. The molecule has 4 aromatic rings. The summed E-state index contributed by atoms with van der Waals surface area (Å²) in [6.45, 7) is 4.58. The average molecular weight is 389 g/mol. The van der Waals surface area contributed by atoms with E-state index < -0.39 is 0 Å². The molecule has 0 aliphatic carbocycles. The van der Waals surface area contributed by atoms with E-state index in [1.165, 1.54) is 0 Å². The van der Waals surface area contributed by atoms with E-state index in [1.54, 1.807) is 23.2 Å². The molecule has 7 nitrogen and oxygen atoms in total. The number of carbonyl (C=O) groups excluding carboxylic acids is 1. The molecule has 2 heterocycles. The van der Waals surface area contributed by atoms with E-state index in [0.29, 0.717) is 12.2 Å². The van der Waals surface area contributed by atoms with Crippen molar-refractivity contribution in [1.82, 2.24) is 24.4 Å². The molecule has 0 aliphatic heterocycles. The van der Waals surface area contributed by atoms with Gasteiger partial charge >= 0.3 is 5.69 Å². The molecule has 0 unspecified atom stereocenters. The van der Waals surface area contributed by atoms with Gasteiger partial charge in [-0.1, -0.05) is 29.8 Å². The molecule has 2 aromatic carbocycles. The van der Waals surface area contributed by atoms with E-state index in [2.05, 4.69) is 15.3 Å². The maximum atomic E-state index is 12.5. The largest absolute Gasteiger partial charge is 0.352 e. The maximum absolute atomic E-state index is 12.5. The maximum Gasteiger partial charge on any atom is 0.328 e. The Kier molecular flexibility index (Phi) is 4.58. The smallest absolute Gasteiger partial charge is 0.328 e. The molecule has 0 fully saturated rings. The Morgan fingerprint density at radius 1 is 1.14 bits per heavy atom. The predicted molar refractivity (Wildman–Crippen MR) is 114 cm³/mol. The molecule has 4 rings (SSSR count). The molecule has 0 atom stereocenters. The second-order valence-electron chi connectivity index (χ2n) is 7.05. The van der Waals surface area contributed by atoms with Gasteiger partial charge in [-0.15, -0.1) is 0 Å². The number of nitrogens with zero attached hydrogens (tertiary/aromatic N) is 3.